The molecule has 0 aromatic heterocycles. The fraction of sp³-hybridized carbons (Fsp3) is 0.278. The van der Waals surface area contributed by atoms with Crippen molar-refractivity contribution in [3.05, 3.63) is 130 Å². The van der Waals surface area contributed by atoms with Gasteiger partial charge in [0.05, 0.1) is 11.9 Å². The standard InChI is InChI=1S/C36H39Cl2N3O5S/c1-26(2)22-39-36(43)34(21-27-11-6-4-7-12-27)40(23-31-32(37)15-10-16-33(31)38)35(42)24-41(47(3,44)45)29-17-19-30(20-18-29)46-25-28-13-8-5-9-14-28/h4-20,26,34H,21-25H2,1-3H3,(H,39,43)/t34-/m1/s1. The van der Waals surface area contributed by atoms with Crippen LogP contribution < -0.4 is 14.4 Å². The van der Waals surface area contributed by atoms with Gasteiger partial charge in [-0.15, -0.1) is 0 Å². The molecule has 0 aliphatic carbocycles. The molecule has 2 amide bonds. The van der Waals surface area contributed by atoms with Crippen molar-refractivity contribution in [2.75, 3.05) is 23.7 Å². The molecular weight excluding hydrogens is 657 g/mol. The predicted molar refractivity (Wildman–Crippen MR) is 188 cm³/mol. The third kappa shape index (κ3) is 10.5. The Morgan fingerprint density at radius 2 is 1.38 bits per heavy atom. The van der Waals surface area contributed by atoms with Gasteiger partial charge in [-0.1, -0.05) is 104 Å². The molecule has 1 atom stereocenters. The lowest BCUT2D eigenvalue weighted by Crippen LogP contribution is -2.53. The molecule has 0 unspecified atom stereocenters. The average molecular weight is 697 g/mol. The van der Waals surface area contributed by atoms with Crippen LogP contribution in [0.5, 0.6) is 5.75 Å². The monoisotopic (exact) mass is 695 g/mol. The average Bonchev–Trinajstić information content (AvgIpc) is 3.05. The van der Waals surface area contributed by atoms with Crippen LogP contribution in [0.15, 0.2) is 103 Å². The first-order chi connectivity index (χ1) is 22.4. The van der Waals surface area contributed by atoms with Crippen molar-refractivity contribution in [3.8, 4) is 5.75 Å². The number of carbonyl (C=O) groups excluding carboxylic acids is 2. The fourth-order valence-electron chi connectivity index (χ4n) is 4.89. The van der Waals surface area contributed by atoms with Gasteiger partial charge in [0, 0.05) is 35.1 Å². The normalized spacial score (nSPS) is 12.0. The van der Waals surface area contributed by atoms with E-state index in [1.165, 1.54) is 4.90 Å². The first-order valence-corrected chi connectivity index (χ1v) is 17.8. The number of amides is 2. The molecule has 0 radical (unpaired) electrons. The lowest BCUT2D eigenvalue weighted by Gasteiger charge is -2.34. The second kappa shape index (κ2) is 16.7. The number of anilines is 1. The zero-order valence-electron chi connectivity index (χ0n) is 26.6. The topological polar surface area (TPSA) is 96.0 Å². The smallest absolute Gasteiger partial charge is 0.244 e. The van der Waals surface area contributed by atoms with E-state index in [0.29, 0.717) is 34.5 Å². The summed E-state index contributed by atoms with van der Waals surface area (Å²) in [6, 6.07) is 29.5. The molecule has 11 heteroatoms. The first-order valence-electron chi connectivity index (χ1n) is 15.2. The number of nitrogens with one attached hydrogen (secondary N) is 1. The van der Waals surface area contributed by atoms with Crippen LogP contribution in [0, 0.1) is 5.92 Å². The van der Waals surface area contributed by atoms with Crippen molar-refractivity contribution < 1.29 is 22.7 Å². The number of rotatable bonds is 15. The Bertz CT molecular complexity index is 1720. The van der Waals surface area contributed by atoms with E-state index in [1.807, 2.05) is 74.5 Å². The number of nitrogens with zero attached hydrogens (tertiary/aromatic N) is 2. The highest BCUT2D eigenvalue weighted by atomic mass is 35.5. The molecule has 248 valence electrons. The maximum Gasteiger partial charge on any atom is 0.244 e. The van der Waals surface area contributed by atoms with E-state index in [2.05, 4.69) is 5.32 Å². The van der Waals surface area contributed by atoms with Crippen molar-refractivity contribution >= 4 is 50.7 Å². The molecule has 0 aliphatic rings. The zero-order chi connectivity index (χ0) is 34.0. The molecule has 1 N–H and O–H groups in total. The Morgan fingerprint density at radius 1 is 0.809 bits per heavy atom. The van der Waals surface area contributed by atoms with Gasteiger partial charge in [0.1, 0.15) is 24.9 Å². The van der Waals surface area contributed by atoms with Crippen molar-refractivity contribution in [3.63, 3.8) is 0 Å². The molecule has 47 heavy (non-hydrogen) atoms. The van der Waals surface area contributed by atoms with Crippen molar-refractivity contribution in [1.29, 1.82) is 0 Å². The lowest BCUT2D eigenvalue weighted by atomic mass is 10.0. The lowest BCUT2D eigenvalue weighted by molar-refractivity contribution is -0.140. The van der Waals surface area contributed by atoms with Crippen LogP contribution in [0.1, 0.15) is 30.5 Å². The minimum atomic E-state index is -3.94. The van der Waals surface area contributed by atoms with E-state index in [1.54, 1.807) is 42.5 Å². The molecule has 0 fully saturated rings. The van der Waals surface area contributed by atoms with Gasteiger partial charge in [-0.05, 0) is 53.4 Å². The van der Waals surface area contributed by atoms with Crippen molar-refractivity contribution in [2.45, 2.75) is 39.5 Å². The number of hydrogen-bond donors (Lipinski definition) is 1. The third-order valence-electron chi connectivity index (χ3n) is 7.40. The van der Waals surface area contributed by atoms with Crippen molar-refractivity contribution in [2.24, 2.45) is 5.92 Å². The molecule has 0 aliphatic heterocycles. The minimum Gasteiger partial charge on any atom is -0.489 e. The quantitative estimate of drug-likeness (QED) is 0.148. The number of sulfonamides is 1. The molecule has 4 aromatic carbocycles. The Labute approximate surface area is 287 Å². The van der Waals surface area contributed by atoms with Crippen LogP contribution in [0.3, 0.4) is 0 Å². The van der Waals surface area contributed by atoms with Gasteiger partial charge in [-0.3, -0.25) is 13.9 Å². The summed E-state index contributed by atoms with van der Waals surface area (Å²) in [7, 11) is -3.94. The molecule has 0 heterocycles. The van der Waals surface area contributed by atoms with Crippen LogP contribution in [0.25, 0.3) is 0 Å². The van der Waals surface area contributed by atoms with Crippen LogP contribution in [-0.4, -0.2) is 50.5 Å². The Morgan fingerprint density at radius 3 is 1.94 bits per heavy atom. The SMILES string of the molecule is CC(C)CNC(=O)[C@@H](Cc1ccccc1)N(Cc1c(Cl)cccc1Cl)C(=O)CN(c1ccc(OCc2ccccc2)cc1)S(C)(=O)=O. The molecule has 0 saturated heterocycles. The first kappa shape index (κ1) is 35.8. The summed E-state index contributed by atoms with van der Waals surface area (Å²) < 4.78 is 33.1. The summed E-state index contributed by atoms with van der Waals surface area (Å²) in [5.74, 6) is -0.266. The molecular formula is C36H39Cl2N3O5S. The van der Waals surface area contributed by atoms with Crippen molar-refractivity contribution in [1.82, 2.24) is 10.2 Å². The summed E-state index contributed by atoms with van der Waals surface area (Å²) in [5, 5.41) is 3.60. The Kier molecular flexibility index (Phi) is 12.7. The Hall–Kier alpha value is -4.05. The minimum absolute atomic E-state index is 0.117. The van der Waals surface area contributed by atoms with Crippen LogP contribution in [0.4, 0.5) is 5.69 Å². The van der Waals surface area contributed by atoms with E-state index in [0.717, 1.165) is 21.7 Å². The zero-order valence-corrected chi connectivity index (χ0v) is 28.9. The second-order valence-corrected chi connectivity index (χ2v) is 14.3. The van der Waals surface area contributed by atoms with Gasteiger partial charge in [-0.25, -0.2) is 8.42 Å². The number of carbonyl (C=O) groups is 2. The summed E-state index contributed by atoms with van der Waals surface area (Å²) in [6.45, 7) is 4.01. The van der Waals surface area contributed by atoms with Crippen LogP contribution in [0.2, 0.25) is 10.0 Å². The molecule has 0 saturated carbocycles. The highest BCUT2D eigenvalue weighted by Crippen LogP contribution is 2.28. The number of benzene rings is 4. The van der Waals surface area contributed by atoms with Gasteiger partial charge in [-0.2, -0.15) is 0 Å². The predicted octanol–water partition coefficient (Wildman–Crippen LogP) is 6.75. The highest BCUT2D eigenvalue weighted by Gasteiger charge is 2.34. The summed E-state index contributed by atoms with van der Waals surface area (Å²) >= 11 is 13.1. The summed E-state index contributed by atoms with van der Waals surface area (Å²) in [5.41, 5.74) is 2.53. The molecule has 8 nitrogen and oxygen atoms in total. The van der Waals surface area contributed by atoms with Crippen LogP contribution >= 0.6 is 23.2 Å². The van der Waals surface area contributed by atoms with E-state index in [9.17, 15) is 18.0 Å². The number of halogens is 2. The van der Waals surface area contributed by atoms with E-state index < -0.39 is 28.5 Å². The van der Waals surface area contributed by atoms with Crippen LogP contribution in [-0.2, 0) is 39.2 Å². The highest BCUT2D eigenvalue weighted by molar-refractivity contribution is 7.92. The Balaban J connectivity index is 1.67. The van der Waals surface area contributed by atoms with E-state index >= 15 is 0 Å². The van der Waals surface area contributed by atoms with Gasteiger partial charge in [0.25, 0.3) is 0 Å². The van der Waals surface area contributed by atoms with Gasteiger partial charge < -0.3 is 15.0 Å². The largest absolute Gasteiger partial charge is 0.489 e. The molecule has 4 aromatic rings. The second-order valence-electron chi connectivity index (χ2n) is 11.6. The maximum atomic E-state index is 14.3. The summed E-state index contributed by atoms with van der Waals surface area (Å²) in [4.78, 5) is 29.5. The number of ether oxygens (including phenoxy) is 1. The molecule has 0 bridgehead atoms. The molecule has 4 rings (SSSR count). The van der Waals surface area contributed by atoms with Gasteiger partial charge in [0.15, 0.2) is 0 Å². The summed E-state index contributed by atoms with van der Waals surface area (Å²) in [6.07, 6.45) is 1.22. The van der Waals surface area contributed by atoms with Gasteiger partial charge in [0.2, 0.25) is 21.8 Å². The number of hydrogen-bond acceptors (Lipinski definition) is 5. The third-order valence-corrected chi connectivity index (χ3v) is 9.25. The van der Waals surface area contributed by atoms with Gasteiger partial charge >= 0.3 is 0 Å². The van der Waals surface area contributed by atoms with E-state index in [4.69, 9.17) is 27.9 Å². The molecule has 0 spiro atoms. The fourth-order valence-corrected chi connectivity index (χ4v) is 6.26. The van der Waals surface area contributed by atoms with E-state index in [-0.39, 0.29) is 30.5 Å². The maximum absolute atomic E-state index is 14.3.